The molecule has 0 aromatic rings. The Morgan fingerprint density at radius 1 is 1.54 bits per heavy atom. The maximum absolute atomic E-state index is 11.2. The minimum atomic E-state index is -0.200. The van der Waals surface area contributed by atoms with Crippen LogP contribution in [-0.2, 0) is 9.53 Å². The quantitative estimate of drug-likeness (QED) is 0.702. The molecule has 0 amide bonds. The van der Waals surface area contributed by atoms with Gasteiger partial charge >= 0.3 is 5.97 Å². The molecule has 3 nitrogen and oxygen atoms in total. The van der Waals surface area contributed by atoms with Crippen LogP contribution >= 0.6 is 11.8 Å². The predicted molar refractivity (Wildman–Crippen MR) is 57.1 cm³/mol. The molecule has 0 spiro atoms. The maximum Gasteiger partial charge on any atom is 0.323 e. The fraction of sp³-hybridized carbons (Fsp3) is 0.889. The van der Waals surface area contributed by atoms with E-state index in [4.69, 9.17) is 0 Å². The van der Waals surface area contributed by atoms with E-state index in [0.29, 0.717) is 0 Å². The Labute approximate surface area is 84.6 Å². The zero-order chi connectivity index (χ0) is 10.5. The lowest BCUT2D eigenvalue weighted by Gasteiger charge is -2.21. The van der Waals surface area contributed by atoms with Crippen LogP contribution in [0.25, 0.3) is 0 Å². The third kappa shape index (κ3) is 5.93. The van der Waals surface area contributed by atoms with Crippen LogP contribution in [0.3, 0.4) is 0 Å². The largest absolute Gasteiger partial charge is 0.468 e. The molecule has 0 aromatic carbocycles. The molecule has 13 heavy (non-hydrogen) atoms. The summed E-state index contributed by atoms with van der Waals surface area (Å²) in [5, 5.41) is 2.93. The van der Waals surface area contributed by atoms with Crippen molar-refractivity contribution >= 4 is 17.7 Å². The van der Waals surface area contributed by atoms with Crippen molar-refractivity contribution in [2.24, 2.45) is 0 Å². The molecule has 78 valence electrons. The molecule has 0 heterocycles. The maximum atomic E-state index is 11.2. The van der Waals surface area contributed by atoms with Gasteiger partial charge in [-0.3, -0.25) is 4.79 Å². The summed E-state index contributed by atoms with van der Waals surface area (Å²) in [4.78, 5) is 11.2. The normalized spacial score (nSPS) is 13.9. The molecular weight excluding hydrogens is 186 g/mol. The van der Waals surface area contributed by atoms with Gasteiger partial charge in [0.1, 0.15) is 6.04 Å². The zero-order valence-corrected chi connectivity index (χ0v) is 9.83. The predicted octanol–water partition coefficient (Wildman–Crippen LogP) is 1.28. The number of nitrogens with one attached hydrogen (secondary N) is 1. The lowest BCUT2D eigenvalue weighted by molar-refractivity contribution is -0.142. The molecule has 4 heteroatoms. The van der Waals surface area contributed by atoms with Gasteiger partial charge in [0.25, 0.3) is 0 Å². The Kier molecular flexibility index (Phi) is 5.40. The smallest absolute Gasteiger partial charge is 0.323 e. The van der Waals surface area contributed by atoms with Gasteiger partial charge < -0.3 is 10.1 Å². The second-order valence-corrected chi connectivity index (χ2v) is 5.63. The minimum Gasteiger partial charge on any atom is -0.468 e. The molecule has 1 unspecified atom stereocenters. The number of ether oxygens (including phenoxy) is 1. The van der Waals surface area contributed by atoms with E-state index in [0.717, 1.165) is 5.75 Å². The first-order valence-electron chi connectivity index (χ1n) is 4.29. The lowest BCUT2D eigenvalue weighted by Crippen LogP contribution is -2.38. The molecule has 0 saturated carbocycles. The molecule has 1 N–H and O–H groups in total. The van der Waals surface area contributed by atoms with Crippen molar-refractivity contribution in [3.63, 3.8) is 0 Å². The highest BCUT2D eigenvalue weighted by Crippen LogP contribution is 2.23. The number of carbonyl (C=O) groups is 1. The van der Waals surface area contributed by atoms with Crippen LogP contribution in [0, 0.1) is 0 Å². The third-order valence-electron chi connectivity index (χ3n) is 1.52. The average molecular weight is 205 g/mol. The van der Waals surface area contributed by atoms with Crippen molar-refractivity contribution in [3.8, 4) is 0 Å². The number of hydrogen-bond donors (Lipinski definition) is 1. The minimum absolute atomic E-state index is 0.184. The van der Waals surface area contributed by atoms with E-state index >= 15 is 0 Å². The van der Waals surface area contributed by atoms with E-state index in [9.17, 15) is 4.79 Å². The fourth-order valence-corrected chi connectivity index (χ4v) is 1.71. The highest BCUT2D eigenvalue weighted by Gasteiger charge is 2.20. The summed E-state index contributed by atoms with van der Waals surface area (Å²) >= 11 is 1.75. The fourth-order valence-electron chi connectivity index (χ4n) is 0.745. The van der Waals surface area contributed by atoms with Gasteiger partial charge in [0.15, 0.2) is 0 Å². The number of methoxy groups -OCH3 is 1. The Hall–Kier alpha value is -0.220. The van der Waals surface area contributed by atoms with Gasteiger partial charge in [-0.2, -0.15) is 11.8 Å². The zero-order valence-electron chi connectivity index (χ0n) is 9.01. The van der Waals surface area contributed by atoms with Crippen LogP contribution in [0.5, 0.6) is 0 Å². The van der Waals surface area contributed by atoms with E-state index in [1.165, 1.54) is 7.11 Å². The van der Waals surface area contributed by atoms with Crippen molar-refractivity contribution in [2.45, 2.75) is 31.6 Å². The van der Waals surface area contributed by atoms with Gasteiger partial charge in [0.2, 0.25) is 0 Å². The Morgan fingerprint density at radius 3 is 2.38 bits per heavy atom. The SMILES string of the molecule is CNC(CSC(C)(C)C)C(=O)OC. The number of thioether (sulfide) groups is 1. The van der Waals surface area contributed by atoms with Crippen molar-refractivity contribution in [1.29, 1.82) is 0 Å². The van der Waals surface area contributed by atoms with Crippen molar-refractivity contribution < 1.29 is 9.53 Å². The summed E-state index contributed by atoms with van der Waals surface area (Å²) in [7, 11) is 3.18. The van der Waals surface area contributed by atoms with Crippen LogP contribution in [0.1, 0.15) is 20.8 Å². The second kappa shape index (κ2) is 5.50. The lowest BCUT2D eigenvalue weighted by atomic mass is 10.3. The molecule has 0 aliphatic rings. The molecule has 0 aliphatic heterocycles. The summed E-state index contributed by atoms with van der Waals surface area (Å²) in [5.41, 5.74) is 0. The highest BCUT2D eigenvalue weighted by atomic mass is 32.2. The molecule has 0 bridgehead atoms. The molecule has 0 saturated heterocycles. The standard InChI is InChI=1S/C9H19NO2S/c1-9(2,3)13-6-7(10-4)8(11)12-5/h7,10H,6H2,1-5H3. The first kappa shape index (κ1) is 12.8. The summed E-state index contributed by atoms with van der Waals surface area (Å²) in [5.74, 6) is 0.548. The van der Waals surface area contributed by atoms with Crippen molar-refractivity contribution in [2.75, 3.05) is 19.9 Å². The summed E-state index contributed by atoms with van der Waals surface area (Å²) in [6.45, 7) is 6.38. The summed E-state index contributed by atoms with van der Waals surface area (Å²) in [6.07, 6.45) is 0. The van der Waals surface area contributed by atoms with E-state index in [1.54, 1.807) is 18.8 Å². The van der Waals surface area contributed by atoms with Gasteiger partial charge in [0, 0.05) is 10.5 Å². The van der Waals surface area contributed by atoms with Gasteiger partial charge in [-0.05, 0) is 7.05 Å². The third-order valence-corrected chi connectivity index (χ3v) is 2.88. The van der Waals surface area contributed by atoms with E-state index in [-0.39, 0.29) is 16.8 Å². The van der Waals surface area contributed by atoms with E-state index in [1.807, 2.05) is 0 Å². The van der Waals surface area contributed by atoms with Crippen LogP contribution in [-0.4, -0.2) is 36.7 Å². The Morgan fingerprint density at radius 2 is 2.08 bits per heavy atom. The summed E-state index contributed by atoms with van der Waals surface area (Å²) < 4.78 is 4.84. The number of hydrogen-bond acceptors (Lipinski definition) is 4. The van der Waals surface area contributed by atoms with Crippen LogP contribution < -0.4 is 5.32 Å². The van der Waals surface area contributed by atoms with E-state index < -0.39 is 0 Å². The van der Waals surface area contributed by atoms with E-state index in [2.05, 4.69) is 30.8 Å². The molecule has 0 fully saturated rings. The van der Waals surface area contributed by atoms with Crippen LogP contribution in [0.2, 0.25) is 0 Å². The first-order chi connectivity index (χ1) is 5.90. The van der Waals surface area contributed by atoms with Gasteiger partial charge in [-0.15, -0.1) is 0 Å². The molecule has 1 atom stereocenters. The van der Waals surface area contributed by atoms with Crippen LogP contribution in [0.15, 0.2) is 0 Å². The topological polar surface area (TPSA) is 38.3 Å². The number of esters is 1. The Balaban J connectivity index is 3.93. The molecular formula is C9H19NO2S. The molecule has 0 aromatic heterocycles. The average Bonchev–Trinajstić information content (AvgIpc) is 2.03. The Bertz CT molecular complexity index is 165. The van der Waals surface area contributed by atoms with Crippen molar-refractivity contribution in [3.05, 3.63) is 0 Å². The molecule has 0 rings (SSSR count). The van der Waals surface area contributed by atoms with Crippen LogP contribution in [0.4, 0.5) is 0 Å². The first-order valence-corrected chi connectivity index (χ1v) is 5.28. The summed E-state index contributed by atoms with van der Waals surface area (Å²) in [6, 6.07) is -0.200. The highest BCUT2D eigenvalue weighted by molar-refractivity contribution is 8.00. The number of rotatable bonds is 4. The number of carbonyl (C=O) groups excluding carboxylic acids is 1. The second-order valence-electron chi connectivity index (χ2n) is 3.79. The van der Waals surface area contributed by atoms with Gasteiger partial charge in [0.05, 0.1) is 7.11 Å². The molecule has 0 radical (unpaired) electrons. The monoisotopic (exact) mass is 205 g/mol. The van der Waals surface area contributed by atoms with Crippen molar-refractivity contribution in [1.82, 2.24) is 5.32 Å². The molecule has 0 aliphatic carbocycles. The number of likely N-dealkylation sites (N-methyl/N-ethyl adjacent to an activating group) is 1. The van der Waals surface area contributed by atoms with Gasteiger partial charge in [-0.1, -0.05) is 20.8 Å². The van der Waals surface area contributed by atoms with Gasteiger partial charge in [-0.25, -0.2) is 0 Å².